The molecule has 218 valence electrons. The molecule has 8 heteroatoms. The summed E-state index contributed by atoms with van der Waals surface area (Å²) in [6.45, 7) is 3.64. The molecule has 2 fully saturated rings. The molecule has 6 rings (SSSR count). The number of hydrogen-bond donors (Lipinski definition) is 3. The number of piperidine rings is 1. The van der Waals surface area contributed by atoms with Crippen molar-refractivity contribution in [1.82, 2.24) is 15.5 Å². The first-order valence-corrected chi connectivity index (χ1v) is 14.7. The van der Waals surface area contributed by atoms with Gasteiger partial charge in [-0.2, -0.15) is 0 Å². The average Bonchev–Trinajstić information content (AvgIpc) is 3.81. The fourth-order valence-electron chi connectivity index (χ4n) is 6.53. The second-order valence-corrected chi connectivity index (χ2v) is 12.0. The lowest BCUT2D eigenvalue weighted by atomic mass is 9.85. The monoisotopic (exact) mass is 567 g/mol. The third-order valence-corrected chi connectivity index (χ3v) is 9.29. The summed E-state index contributed by atoms with van der Waals surface area (Å²) in [6.07, 6.45) is 1.44. The van der Waals surface area contributed by atoms with Crippen molar-refractivity contribution in [2.24, 2.45) is 5.92 Å². The molecule has 0 radical (unpaired) electrons. The number of benzene rings is 3. The van der Waals surface area contributed by atoms with Crippen molar-refractivity contribution in [3.63, 3.8) is 0 Å². The minimum atomic E-state index is -1.39. The molecule has 42 heavy (non-hydrogen) atoms. The van der Waals surface area contributed by atoms with Crippen molar-refractivity contribution in [3.05, 3.63) is 95.6 Å². The normalized spacial score (nSPS) is 19.2. The van der Waals surface area contributed by atoms with Gasteiger partial charge in [0, 0.05) is 25.6 Å². The van der Waals surface area contributed by atoms with Crippen LogP contribution in [0.1, 0.15) is 55.2 Å². The van der Waals surface area contributed by atoms with E-state index in [2.05, 4.69) is 51.9 Å². The van der Waals surface area contributed by atoms with E-state index in [1.165, 1.54) is 0 Å². The Bertz CT molecular complexity index is 1430. The number of ether oxygens (including phenoxy) is 1. The number of hydrogen-bond acceptors (Lipinski definition) is 5. The zero-order chi connectivity index (χ0) is 29.3. The molecule has 3 aromatic rings. The Hall–Kier alpha value is -4.17. The van der Waals surface area contributed by atoms with Gasteiger partial charge < -0.3 is 20.5 Å². The molecule has 1 atom stereocenters. The number of carboxylic acids is 1. The second-order valence-electron chi connectivity index (χ2n) is 12.0. The summed E-state index contributed by atoms with van der Waals surface area (Å²) < 4.78 is 5.74. The number of likely N-dealkylation sites (tertiary alicyclic amines) is 1. The SMILES string of the molecule is CC(NC(=O)OCC1c2ccccc2-c2ccccc21)(C(=O)NC1(C(=O)O)CCN(Cc2ccccc2)CC1)C1CC1. The fourth-order valence-corrected chi connectivity index (χ4v) is 6.53. The Balaban J connectivity index is 1.10. The van der Waals surface area contributed by atoms with E-state index in [1.807, 2.05) is 42.5 Å². The van der Waals surface area contributed by atoms with Gasteiger partial charge in [0.2, 0.25) is 5.91 Å². The maximum absolute atomic E-state index is 13.8. The van der Waals surface area contributed by atoms with E-state index in [1.54, 1.807) is 6.92 Å². The molecule has 3 aliphatic rings. The highest BCUT2D eigenvalue weighted by Crippen LogP contribution is 2.45. The topological polar surface area (TPSA) is 108 Å². The number of nitrogens with one attached hydrogen (secondary N) is 2. The van der Waals surface area contributed by atoms with E-state index < -0.39 is 29.0 Å². The number of rotatable bonds is 9. The van der Waals surface area contributed by atoms with E-state index >= 15 is 0 Å². The highest BCUT2D eigenvalue weighted by molar-refractivity contribution is 5.94. The predicted octanol–water partition coefficient (Wildman–Crippen LogP) is 4.93. The van der Waals surface area contributed by atoms with Crippen LogP contribution >= 0.6 is 0 Å². The second kappa shape index (κ2) is 11.2. The third kappa shape index (κ3) is 5.39. The van der Waals surface area contributed by atoms with Gasteiger partial charge in [0.25, 0.3) is 0 Å². The number of fused-ring (bicyclic) bond motifs is 3. The third-order valence-electron chi connectivity index (χ3n) is 9.29. The number of carbonyl (C=O) groups excluding carboxylic acids is 2. The van der Waals surface area contributed by atoms with Crippen LogP contribution in [0.25, 0.3) is 11.1 Å². The highest BCUT2D eigenvalue weighted by atomic mass is 16.5. The van der Waals surface area contributed by atoms with Crippen molar-refractivity contribution < 1.29 is 24.2 Å². The minimum absolute atomic E-state index is 0.0815. The lowest BCUT2D eigenvalue weighted by Gasteiger charge is -2.41. The molecule has 1 saturated heterocycles. The lowest BCUT2D eigenvalue weighted by Crippen LogP contribution is -2.67. The first-order chi connectivity index (χ1) is 20.3. The van der Waals surface area contributed by atoms with Crippen LogP contribution in [0.3, 0.4) is 0 Å². The van der Waals surface area contributed by atoms with Crippen LogP contribution in [0.4, 0.5) is 4.79 Å². The van der Waals surface area contributed by atoms with Crippen molar-refractivity contribution in [2.75, 3.05) is 19.7 Å². The highest BCUT2D eigenvalue weighted by Gasteiger charge is 2.52. The van der Waals surface area contributed by atoms with Gasteiger partial charge in [-0.05, 0) is 66.3 Å². The molecule has 3 aromatic carbocycles. The maximum Gasteiger partial charge on any atom is 0.408 e. The zero-order valence-electron chi connectivity index (χ0n) is 23.8. The van der Waals surface area contributed by atoms with Crippen LogP contribution in [-0.2, 0) is 20.9 Å². The van der Waals surface area contributed by atoms with Crippen LogP contribution in [0, 0.1) is 5.92 Å². The van der Waals surface area contributed by atoms with Gasteiger partial charge in [-0.3, -0.25) is 9.69 Å². The summed E-state index contributed by atoms with van der Waals surface area (Å²) in [5.41, 5.74) is 3.00. The van der Waals surface area contributed by atoms with E-state index in [-0.39, 0.29) is 31.3 Å². The van der Waals surface area contributed by atoms with Crippen molar-refractivity contribution in [1.29, 1.82) is 0 Å². The summed E-state index contributed by atoms with van der Waals surface area (Å²) in [4.78, 5) is 41.6. The molecule has 1 heterocycles. The Morgan fingerprint density at radius 3 is 2.05 bits per heavy atom. The summed E-state index contributed by atoms with van der Waals surface area (Å²) in [6, 6.07) is 26.3. The van der Waals surface area contributed by atoms with Gasteiger partial charge in [0.15, 0.2) is 0 Å². The molecule has 2 amide bonds. The summed E-state index contributed by atoms with van der Waals surface area (Å²) >= 11 is 0. The first kappa shape index (κ1) is 28.0. The van der Waals surface area contributed by atoms with Gasteiger partial charge in [0.05, 0.1) is 0 Å². The first-order valence-electron chi connectivity index (χ1n) is 14.7. The van der Waals surface area contributed by atoms with Crippen molar-refractivity contribution in [2.45, 2.75) is 56.1 Å². The fraction of sp³-hybridized carbons (Fsp3) is 0.382. The summed E-state index contributed by atoms with van der Waals surface area (Å²) in [7, 11) is 0. The molecule has 1 aliphatic heterocycles. The molecule has 0 spiro atoms. The Labute approximate surface area is 246 Å². The molecule has 1 unspecified atom stereocenters. The Kier molecular flexibility index (Phi) is 7.49. The standard InChI is InChI=1S/C34H37N3O5/c1-33(24-15-16-24,30(38)35-34(31(39)40)17-19-37(20-18-34)21-23-9-3-2-4-10-23)36-32(41)42-22-29-27-13-7-5-11-25(27)26-12-6-8-14-28(26)29/h2-14,24,29H,15-22H2,1H3,(H,35,38)(H,36,41)(H,39,40). The Morgan fingerprint density at radius 2 is 1.48 bits per heavy atom. The van der Waals surface area contributed by atoms with Crippen LogP contribution in [0.15, 0.2) is 78.9 Å². The number of nitrogens with zero attached hydrogens (tertiary/aromatic N) is 1. The minimum Gasteiger partial charge on any atom is -0.480 e. The summed E-state index contributed by atoms with van der Waals surface area (Å²) in [5, 5.41) is 15.9. The van der Waals surface area contributed by atoms with E-state index in [0.29, 0.717) is 13.1 Å². The van der Waals surface area contributed by atoms with Gasteiger partial charge in [-0.25, -0.2) is 9.59 Å². The van der Waals surface area contributed by atoms with Crippen LogP contribution in [-0.4, -0.2) is 58.8 Å². The van der Waals surface area contributed by atoms with Crippen LogP contribution < -0.4 is 10.6 Å². The van der Waals surface area contributed by atoms with E-state index in [9.17, 15) is 19.5 Å². The van der Waals surface area contributed by atoms with E-state index in [0.717, 1.165) is 47.2 Å². The molecule has 0 aromatic heterocycles. The summed E-state index contributed by atoms with van der Waals surface area (Å²) in [5.74, 6) is -1.70. The largest absolute Gasteiger partial charge is 0.480 e. The number of amides is 2. The van der Waals surface area contributed by atoms with E-state index in [4.69, 9.17) is 4.74 Å². The molecule has 0 bridgehead atoms. The lowest BCUT2D eigenvalue weighted by molar-refractivity contribution is -0.151. The molecule has 3 N–H and O–H groups in total. The van der Waals surface area contributed by atoms with Crippen LogP contribution in [0.2, 0.25) is 0 Å². The molecular weight excluding hydrogens is 530 g/mol. The Morgan fingerprint density at radius 1 is 0.905 bits per heavy atom. The number of carbonyl (C=O) groups is 3. The van der Waals surface area contributed by atoms with Gasteiger partial charge in [-0.15, -0.1) is 0 Å². The van der Waals surface area contributed by atoms with Crippen molar-refractivity contribution >= 4 is 18.0 Å². The maximum atomic E-state index is 13.8. The van der Waals surface area contributed by atoms with Gasteiger partial charge >= 0.3 is 12.1 Å². The predicted molar refractivity (Wildman–Crippen MR) is 159 cm³/mol. The quantitative estimate of drug-likeness (QED) is 0.339. The number of alkyl carbamates (subject to hydrolysis) is 1. The molecule has 8 nitrogen and oxygen atoms in total. The number of aliphatic carboxylic acids is 1. The molecule has 1 saturated carbocycles. The van der Waals surface area contributed by atoms with Gasteiger partial charge in [0.1, 0.15) is 17.7 Å². The number of carboxylic acid groups (broad SMARTS) is 1. The molecule has 2 aliphatic carbocycles. The van der Waals surface area contributed by atoms with Crippen molar-refractivity contribution in [3.8, 4) is 11.1 Å². The van der Waals surface area contributed by atoms with Crippen LogP contribution in [0.5, 0.6) is 0 Å². The average molecular weight is 568 g/mol. The van der Waals surface area contributed by atoms with Gasteiger partial charge in [-0.1, -0.05) is 78.9 Å². The zero-order valence-corrected chi connectivity index (χ0v) is 23.8. The molecular formula is C34H37N3O5. The smallest absolute Gasteiger partial charge is 0.408 e.